The summed E-state index contributed by atoms with van der Waals surface area (Å²) >= 11 is 0. The average molecular weight is 190 g/mol. The van der Waals surface area contributed by atoms with E-state index in [2.05, 4.69) is 28.9 Å². The Kier molecular flexibility index (Phi) is 1.67. The zero-order chi connectivity index (χ0) is 9.43. The van der Waals surface area contributed by atoms with Crippen LogP contribution < -0.4 is 10.6 Å². The SMILES string of the molecule is C1=CC2(C=CO1)CNC1=CCCNC12. The summed E-state index contributed by atoms with van der Waals surface area (Å²) in [5.41, 5.74) is 1.43. The maximum Gasteiger partial charge on any atom is 0.0871 e. The van der Waals surface area contributed by atoms with Gasteiger partial charge in [-0.25, -0.2) is 0 Å². The first-order valence-corrected chi connectivity index (χ1v) is 5.09. The molecule has 1 spiro atoms. The molecule has 3 rings (SSSR count). The van der Waals surface area contributed by atoms with Crippen molar-refractivity contribution in [2.75, 3.05) is 13.1 Å². The number of hydrogen-bond donors (Lipinski definition) is 2. The topological polar surface area (TPSA) is 33.3 Å². The van der Waals surface area contributed by atoms with Gasteiger partial charge in [0.1, 0.15) is 0 Å². The monoisotopic (exact) mass is 190 g/mol. The molecular formula is C11H14N2O. The van der Waals surface area contributed by atoms with Gasteiger partial charge in [-0.3, -0.25) is 0 Å². The quantitative estimate of drug-likeness (QED) is 0.595. The second-order valence-electron chi connectivity index (χ2n) is 4.04. The Morgan fingerprint density at radius 2 is 2.21 bits per heavy atom. The van der Waals surface area contributed by atoms with Crippen LogP contribution in [0.15, 0.2) is 36.4 Å². The van der Waals surface area contributed by atoms with Gasteiger partial charge in [-0.1, -0.05) is 6.08 Å². The van der Waals surface area contributed by atoms with Crippen LogP contribution in [0.4, 0.5) is 0 Å². The van der Waals surface area contributed by atoms with Gasteiger partial charge in [0.25, 0.3) is 0 Å². The van der Waals surface area contributed by atoms with Crippen molar-refractivity contribution in [2.45, 2.75) is 12.5 Å². The molecule has 3 aliphatic heterocycles. The van der Waals surface area contributed by atoms with Gasteiger partial charge >= 0.3 is 0 Å². The number of ether oxygens (including phenoxy) is 1. The molecule has 3 nitrogen and oxygen atoms in total. The minimum atomic E-state index is 0.0878. The highest BCUT2D eigenvalue weighted by Gasteiger charge is 2.43. The lowest BCUT2D eigenvalue weighted by molar-refractivity contribution is 0.330. The van der Waals surface area contributed by atoms with E-state index in [1.54, 1.807) is 12.5 Å². The first-order valence-electron chi connectivity index (χ1n) is 5.09. The number of fused-ring (bicyclic) bond motifs is 2. The Morgan fingerprint density at radius 1 is 1.36 bits per heavy atom. The van der Waals surface area contributed by atoms with Crippen LogP contribution in [0.5, 0.6) is 0 Å². The fourth-order valence-electron chi connectivity index (χ4n) is 2.44. The molecule has 1 saturated heterocycles. The highest BCUT2D eigenvalue weighted by Crippen LogP contribution is 2.37. The van der Waals surface area contributed by atoms with Gasteiger partial charge in [-0.2, -0.15) is 0 Å². The first-order chi connectivity index (χ1) is 6.91. The lowest BCUT2D eigenvalue weighted by Crippen LogP contribution is -2.44. The molecule has 0 aliphatic carbocycles. The van der Waals surface area contributed by atoms with Crippen LogP contribution in [0.3, 0.4) is 0 Å². The molecule has 0 radical (unpaired) electrons. The molecule has 1 atom stereocenters. The third-order valence-electron chi connectivity index (χ3n) is 3.22. The Balaban J connectivity index is 1.98. The number of rotatable bonds is 0. The van der Waals surface area contributed by atoms with E-state index in [1.165, 1.54) is 5.70 Å². The van der Waals surface area contributed by atoms with Gasteiger partial charge in [0.05, 0.1) is 24.0 Å². The molecule has 0 aromatic heterocycles. The maximum absolute atomic E-state index is 5.10. The summed E-state index contributed by atoms with van der Waals surface area (Å²) in [7, 11) is 0. The highest BCUT2D eigenvalue weighted by atomic mass is 16.5. The molecule has 0 amide bonds. The van der Waals surface area contributed by atoms with E-state index in [9.17, 15) is 0 Å². The molecule has 74 valence electrons. The van der Waals surface area contributed by atoms with E-state index >= 15 is 0 Å². The fourth-order valence-corrected chi connectivity index (χ4v) is 2.44. The summed E-state index contributed by atoms with van der Waals surface area (Å²) in [5.74, 6) is 0. The summed E-state index contributed by atoms with van der Waals surface area (Å²) in [6.45, 7) is 2.03. The van der Waals surface area contributed by atoms with Crippen molar-refractivity contribution in [3.05, 3.63) is 36.4 Å². The van der Waals surface area contributed by atoms with E-state index in [0.717, 1.165) is 19.5 Å². The van der Waals surface area contributed by atoms with Gasteiger partial charge in [0.15, 0.2) is 0 Å². The molecule has 2 N–H and O–H groups in total. The Morgan fingerprint density at radius 3 is 3.07 bits per heavy atom. The predicted octanol–water partition coefficient (Wildman–Crippen LogP) is 0.879. The molecule has 0 bridgehead atoms. The summed E-state index contributed by atoms with van der Waals surface area (Å²) in [5, 5.41) is 7.01. The average Bonchev–Trinajstić information content (AvgIpc) is 2.60. The standard InChI is InChI=1S/C11H14N2O/c1-2-9-10(12-5-1)11(8-13-9)3-6-14-7-4-11/h2-4,6-7,10,12-13H,1,5,8H2. The van der Waals surface area contributed by atoms with E-state index < -0.39 is 0 Å². The van der Waals surface area contributed by atoms with Crippen molar-refractivity contribution in [1.29, 1.82) is 0 Å². The molecule has 0 saturated carbocycles. The molecular weight excluding hydrogens is 176 g/mol. The highest BCUT2D eigenvalue weighted by molar-refractivity contribution is 5.33. The number of hydrogen-bond acceptors (Lipinski definition) is 3. The third-order valence-corrected chi connectivity index (χ3v) is 3.22. The molecule has 0 aromatic rings. The lowest BCUT2D eigenvalue weighted by atomic mass is 9.80. The summed E-state index contributed by atoms with van der Waals surface area (Å²) in [6, 6.07) is 0.410. The Labute approximate surface area is 83.5 Å². The van der Waals surface area contributed by atoms with Crippen molar-refractivity contribution in [2.24, 2.45) is 5.41 Å². The number of nitrogens with one attached hydrogen (secondary N) is 2. The van der Waals surface area contributed by atoms with Gasteiger partial charge in [-0.05, 0) is 25.1 Å². The summed E-state index contributed by atoms with van der Waals surface area (Å²) in [6.07, 6.45) is 11.3. The van der Waals surface area contributed by atoms with E-state index in [1.807, 2.05) is 0 Å². The lowest BCUT2D eigenvalue weighted by Gasteiger charge is -2.31. The van der Waals surface area contributed by atoms with Crippen LogP contribution in [0, 0.1) is 5.41 Å². The van der Waals surface area contributed by atoms with Crippen LogP contribution in [0.25, 0.3) is 0 Å². The van der Waals surface area contributed by atoms with Crippen LogP contribution >= 0.6 is 0 Å². The molecule has 0 aromatic carbocycles. The second-order valence-corrected chi connectivity index (χ2v) is 4.04. The largest absolute Gasteiger partial charge is 0.473 e. The molecule has 3 heteroatoms. The van der Waals surface area contributed by atoms with Crippen molar-refractivity contribution >= 4 is 0 Å². The van der Waals surface area contributed by atoms with Crippen LogP contribution in [0.2, 0.25) is 0 Å². The van der Waals surface area contributed by atoms with Crippen molar-refractivity contribution < 1.29 is 4.74 Å². The minimum absolute atomic E-state index is 0.0878. The van der Waals surface area contributed by atoms with Gasteiger partial charge < -0.3 is 15.4 Å². The van der Waals surface area contributed by atoms with Crippen molar-refractivity contribution in [3.63, 3.8) is 0 Å². The first kappa shape index (κ1) is 8.12. The van der Waals surface area contributed by atoms with Gasteiger partial charge in [0.2, 0.25) is 0 Å². The summed E-state index contributed by atoms with van der Waals surface area (Å²) in [4.78, 5) is 0. The molecule has 1 fully saturated rings. The smallest absolute Gasteiger partial charge is 0.0871 e. The van der Waals surface area contributed by atoms with Gasteiger partial charge in [-0.15, -0.1) is 0 Å². The fraction of sp³-hybridized carbons (Fsp3) is 0.455. The predicted molar refractivity (Wildman–Crippen MR) is 54.3 cm³/mol. The van der Waals surface area contributed by atoms with Gasteiger partial charge in [0, 0.05) is 12.2 Å². The third kappa shape index (κ3) is 1.02. The summed E-state index contributed by atoms with van der Waals surface area (Å²) < 4.78 is 5.10. The van der Waals surface area contributed by atoms with E-state index in [0.29, 0.717) is 6.04 Å². The molecule has 1 unspecified atom stereocenters. The van der Waals surface area contributed by atoms with Crippen LogP contribution in [-0.2, 0) is 4.74 Å². The van der Waals surface area contributed by atoms with Crippen molar-refractivity contribution in [3.8, 4) is 0 Å². The molecule has 14 heavy (non-hydrogen) atoms. The van der Waals surface area contributed by atoms with Crippen LogP contribution in [-0.4, -0.2) is 19.1 Å². The normalized spacial score (nSPS) is 32.0. The van der Waals surface area contributed by atoms with Crippen LogP contribution in [0.1, 0.15) is 6.42 Å². The van der Waals surface area contributed by atoms with E-state index in [4.69, 9.17) is 4.74 Å². The maximum atomic E-state index is 5.10. The minimum Gasteiger partial charge on any atom is -0.473 e. The Hall–Kier alpha value is -1.22. The molecule has 3 heterocycles. The van der Waals surface area contributed by atoms with E-state index in [-0.39, 0.29) is 5.41 Å². The zero-order valence-electron chi connectivity index (χ0n) is 7.99. The molecule has 3 aliphatic rings. The Bertz CT molecular complexity index is 318. The second kappa shape index (κ2) is 2.89. The zero-order valence-corrected chi connectivity index (χ0v) is 7.99. The van der Waals surface area contributed by atoms with Crippen molar-refractivity contribution in [1.82, 2.24) is 10.6 Å².